The summed E-state index contributed by atoms with van der Waals surface area (Å²) in [4.78, 5) is 49.2. The van der Waals surface area contributed by atoms with Crippen molar-refractivity contribution in [3.05, 3.63) is 99.7 Å². The molecule has 0 radical (unpaired) electrons. The fourth-order valence-electron chi connectivity index (χ4n) is 5.12. The number of nitrogens with two attached hydrogens (primary N) is 1. The second-order valence-electron chi connectivity index (χ2n) is 13.1. The first-order valence-electron chi connectivity index (χ1n) is 17.5. The van der Waals surface area contributed by atoms with Gasteiger partial charge in [-0.25, -0.2) is 18.7 Å². The Morgan fingerprint density at radius 1 is 0.596 bits per heavy atom. The molecule has 6 rings (SSSR count). The molecule has 16 nitrogen and oxygen atoms in total. The minimum Gasteiger partial charge on any atom is -0.379 e. The average Bonchev–Trinajstić information content (AvgIpc) is 3.52. The Bertz CT molecular complexity index is 1990. The van der Waals surface area contributed by atoms with E-state index in [1.54, 1.807) is 27.3 Å². The highest BCUT2D eigenvalue weighted by molar-refractivity contribution is 9.11. The van der Waals surface area contributed by atoms with Gasteiger partial charge in [0.15, 0.2) is 0 Å². The Kier molecular flexibility index (Phi) is 22.7. The highest BCUT2D eigenvalue weighted by atomic mass is 79.9. The molecular formula is C34H47Br3Cl4N12O4. The summed E-state index contributed by atoms with van der Waals surface area (Å²) < 4.78 is 6.27. The van der Waals surface area contributed by atoms with Crippen molar-refractivity contribution in [2.75, 3.05) is 45.6 Å². The molecule has 2 aliphatic heterocycles. The van der Waals surface area contributed by atoms with Crippen molar-refractivity contribution in [1.29, 1.82) is 0 Å². The Morgan fingerprint density at radius 2 is 1.05 bits per heavy atom. The van der Waals surface area contributed by atoms with Gasteiger partial charge in [0.05, 0.1) is 45.0 Å². The van der Waals surface area contributed by atoms with Crippen LogP contribution in [0.2, 0.25) is 20.1 Å². The van der Waals surface area contributed by atoms with Crippen LogP contribution in [-0.4, -0.2) is 101 Å². The number of anilines is 1. The van der Waals surface area contributed by atoms with Crippen molar-refractivity contribution < 1.29 is 0 Å². The Labute approximate surface area is 376 Å². The second-order valence-corrected chi connectivity index (χ2v) is 17.1. The Morgan fingerprint density at radius 3 is 1.60 bits per heavy atom. The summed E-state index contributed by atoms with van der Waals surface area (Å²) in [7, 11) is 10.5. The molecule has 2 atom stereocenters. The van der Waals surface area contributed by atoms with Crippen molar-refractivity contribution in [1.82, 2.24) is 48.9 Å². The van der Waals surface area contributed by atoms with E-state index in [4.69, 9.17) is 52.1 Å². The molecule has 2 unspecified atom stereocenters. The summed E-state index contributed by atoms with van der Waals surface area (Å²) in [6.07, 6.45) is 13.4. The topological polar surface area (TPSA) is 184 Å². The number of aromatic nitrogens is 8. The van der Waals surface area contributed by atoms with Gasteiger partial charge in [0, 0.05) is 53.4 Å². The molecule has 0 aliphatic carbocycles. The van der Waals surface area contributed by atoms with Crippen molar-refractivity contribution in [3.8, 4) is 0 Å². The van der Waals surface area contributed by atoms with Gasteiger partial charge in [0.2, 0.25) is 0 Å². The van der Waals surface area contributed by atoms with E-state index in [0.29, 0.717) is 30.5 Å². The summed E-state index contributed by atoms with van der Waals surface area (Å²) in [6, 6.07) is 0.806. The zero-order chi connectivity index (χ0) is 43.0. The van der Waals surface area contributed by atoms with Gasteiger partial charge in [-0.2, -0.15) is 20.4 Å². The second kappa shape index (κ2) is 25.4. The summed E-state index contributed by atoms with van der Waals surface area (Å²) in [5.74, 6) is 0. The van der Waals surface area contributed by atoms with Crippen molar-refractivity contribution in [3.63, 3.8) is 0 Å². The summed E-state index contributed by atoms with van der Waals surface area (Å²) >= 11 is 31.5. The molecule has 0 amide bonds. The highest BCUT2D eigenvalue weighted by Gasteiger charge is 2.17. The first kappa shape index (κ1) is 50.9. The Balaban J connectivity index is 0.000000254. The number of aryl methyl sites for hydroxylation is 4. The van der Waals surface area contributed by atoms with Gasteiger partial charge in [-0.3, -0.25) is 19.2 Å². The van der Waals surface area contributed by atoms with E-state index in [0.717, 1.165) is 36.4 Å². The smallest absolute Gasteiger partial charge is 0.286 e. The number of nitrogens with zero attached hydrogens (tertiary/aromatic N) is 10. The van der Waals surface area contributed by atoms with Gasteiger partial charge < -0.3 is 20.9 Å². The van der Waals surface area contributed by atoms with Crippen LogP contribution in [0.4, 0.5) is 5.69 Å². The SMILES string of the molecule is CN1CCCCC(N)C1.CN1CCCCC(Nc2cnn(C)c(=O)c2Br)C1.Cn1ncc(Br)c(Cl)c1=O.Cn1ncc(Cl)c(Br)c1=O.Cn1ncc(Cl)c(Cl)c1=O. The number of likely N-dealkylation sites (N-methyl/N-ethyl adjacent to an activating group) is 2. The van der Waals surface area contributed by atoms with Gasteiger partial charge in [-0.1, -0.05) is 59.2 Å². The number of halogens is 7. The highest BCUT2D eigenvalue weighted by Crippen LogP contribution is 2.20. The average molecular weight is 1070 g/mol. The van der Waals surface area contributed by atoms with Gasteiger partial charge in [0.25, 0.3) is 22.2 Å². The number of nitrogens with one attached hydrogen (secondary N) is 1. The van der Waals surface area contributed by atoms with E-state index in [-0.39, 0.29) is 37.3 Å². The normalized spacial score (nSPS) is 17.1. The standard InChI is InChI=1S/C12H19BrN4O.C7H16N2.2C5H4BrClN2O.C5H4Cl2N2O/c1-16-6-4-3-5-9(8-16)15-10-7-14-17(2)12(18)11(10)13;1-9-5-3-2-4-7(8)6-9;1-9-5(10)4(6)3(7)2-8-9;2*1-9-5(10)4(7)3(6)2-8-9/h7,9,15H,3-6,8H2,1-2H3;7H,2-6,8H2,1H3;3*2H,1H3. The molecule has 316 valence electrons. The van der Waals surface area contributed by atoms with E-state index in [1.807, 2.05) is 0 Å². The lowest BCUT2D eigenvalue weighted by Gasteiger charge is -2.22. The third-order valence-electron chi connectivity index (χ3n) is 8.33. The van der Waals surface area contributed by atoms with Crippen LogP contribution in [0.5, 0.6) is 0 Å². The molecule has 6 heterocycles. The van der Waals surface area contributed by atoms with Crippen LogP contribution in [0.25, 0.3) is 0 Å². The third kappa shape index (κ3) is 17.1. The quantitative estimate of drug-likeness (QED) is 0.263. The summed E-state index contributed by atoms with van der Waals surface area (Å²) in [5.41, 5.74) is 5.56. The molecule has 0 aromatic carbocycles. The van der Waals surface area contributed by atoms with Gasteiger partial charge in [-0.15, -0.1) is 0 Å². The molecule has 0 bridgehead atoms. The first-order chi connectivity index (χ1) is 26.7. The number of rotatable bonds is 2. The predicted octanol–water partition coefficient (Wildman–Crippen LogP) is 5.35. The van der Waals surface area contributed by atoms with E-state index in [1.165, 1.54) is 78.3 Å². The summed E-state index contributed by atoms with van der Waals surface area (Å²) in [5, 5.41) is 19.2. The van der Waals surface area contributed by atoms with E-state index in [2.05, 4.69) is 97.4 Å². The minimum absolute atomic E-state index is 0.0131. The molecule has 2 saturated heterocycles. The van der Waals surface area contributed by atoms with Gasteiger partial charge in [0.1, 0.15) is 19.0 Å². The molecular weight excluding hydrogens is 1020 g/mol. The van der Waals surface area contributed by atoms with Crippen LogP contribution in [0.3, 0.4) is 0 Å². The maximum absolute atomic E-state index is 11.8. The Hall–Kier alpha value is -2.20. The lowest BCUT2D eigenvalue weighted by Crippen LogP contribution is -2.33. The van der Waals surface area contributed by atoms with E-state index >= 15 is 0 Å². The van der Waals surface area contributed by atoms with Crippen LogP contribution in [0.15, 0.2) is 57.4 Å². The molecule has 3 N–H and O–H groups in total. The lowest BCUT2D eigenvalue weighted by molar-refractivity contribution is 0.333. The predicted molar refractivity (Wildman–Crippen MR) is 239 cm³/mol. The van der Waals surface area contributed by atoms with Crippen LogP contribution < -0.4 is 33.3 Å². The van der Waals surface area contributed by atoms with E-state index < -0.39 is 0 Å². The maximum atomic E-state index is 11.8. The molecule has 0 saturated carbocycles. The first-order valence-corrected chi connectivity index (χ1v) is 21.4. The molecule has 4 aromatic rings. The van der Waals surface area contributed by atoms with Gasteiger partial charge >= 0.3 is 0 Å². The van der Waals surface area contributed by atoms with Crippen molar-refractivity contribution >= 4 is 99.9 Å². The monoisotopic (exact) mass is 1060 g/mol. The molecule has 4 aromatic heterocycles. The molecule has 2 aliphatic rings. The zero-order valence-corrected chi connectivity index (χ0v) is 40.1. The van der Waals surface area contributed by atoms with Gasteiger partial charge in [-0.05, 0) is 101 Å². The molecule has 2 fully saturated rings. The number of likely N-dealkylation sites (tertiary alicyclic amines) is 2. The fourth-order valence-corrected chi connectivity index (χ4v) is 6.81. The zero-order valence-electron chi connectivity index (χ0n) is 32.4. The lowest BCUT2D eigenvalue weighted by atomic mass is 10.1. The van der Waals surface area contributed by atoms with Crippen LogP contribution in [0, 0.1) is 0 Å². The molecule has 57 heavy (non-hydrogen) atoms. The summed E-state index contributed by atoms with van der Waals surface area (Å²) in [6.45, 7) is 4.46. The number of hydrogen-bond acceptors (Lipinski definition) is 12. The molecule has 0 spiro atoms. The van der Waals surface area contributed by atoms with Crippen molar-refractivity contribution in [2.24, 2.45) is 33.9 Å². The van der Waals surface area contributed by atoms with E-state index in [9.17, 15) is 19.2 Å². The maximum Gasteiger partial charge on any atom is 0.286 e. The number of hydrogen-bond donors (Lipinski definition) is 2. The third-order valence-corrected chi connectivity index (χ3v) is 12.3. The van der Waals surface area contributed by atoms with Crippen LogP contribution >= 0.6 is 94.2 Å². The minimum atomic E-state index is -0.380. The molecule has 23 heteroatoms. The largest absolute Gasteiger partial charge is 0.379 e. The fraction of sp³-hybridized carbons (Fsp3) is 0.529. The van der Waals surface area contributed by atoms with Crippen LogP contribution in [0.1, 0.15) is 38.5 Å². The van der Waals surface area contributed by atoms with Crippen LogP contribution in [-0.2, 0) is 28.2 Å². The van der Waals surface area contributed by atoms with Crippen molar-refractivity contribution in [2.45, 2.75) is 50.6 Å².